The molecule has 1 aliphatic rings. The van der Waals surface area contributed by atoms with Crippen LogP contribution in [0.25, 0.3) is 0 Å². The van der Waals surface area contributed by atoms with E-state index in [4.69, 9.17) is 17.3 Å². The molecule has 2 radical (unpaired) electrons. The number of hydrogen-bond acceptors (Lipinski definition) is 3. The Morgan fingerprint density at radius 2 is 2.07 bits per heavy atom. The Balaban J connectivity index is 0. The van der Waals surface area contributed by atoms with Gasteiger partial charge in [-0.1, -0.05) is 6.00 Å². The summed E-state index contributed by atoms with van der Waals surface area (Å²) in [4.78, 5) is 0. The minimum absolute atomic E-state index is 0. The molecule has 0 aromatic heterocycles. The van der Waals surface area contributed by atoms with Gasteiger partial charge in [-0.15, -0.1) is 0 Å². The van der Waals surface area contributed by atoms with Crippen LogP contribution in [0.4, 0.5) is 0 Å². The Morgan fingerprint density at radius 3 is 2.43 bits per heavy atom. The predicted octanol–water partition coefficient (Wildman–Crippen LogP) is -0.135. The number of rotatable bonds is 3. The first kappa shape index (κ1) is 17.7. The molecule has 1 aliphatic heterocycles. The maximum atomic E-state index is 9.33. The fraction of sp³-hybridized carbons (Fsp3) is 0.875. The van der Waals surface area contributed by atoms with Gasteiger partial charge in [-0.3, -0.25) is 6.42 Å². The Morgan fingerprint density at radius 1 is 1.50 bits per heavy atom. The van der Waals surface area contributed by atoms with E-state index >= 15 is 0 Å². The van der Waals surface area contributed by atoms with Crippen LogP contribution in [0.5, 0.6) is 0 Å². The quantitative estimate of drug-likeness (QED) is 0.404. The van der Waals surface area contributed by atoms with E-state index in [-0.39, 0.29) is 54.3 Å². The van der Waals surface area contributed by atoms with Crippen LogP contribution in [0.15, 0.2) is 0 Å². The van der Waals surface area contributed by atoms with Crippen molar-refractivity contribution in [3.05, 3.63) is 6.42 Å². The summed E-state index contributed by atoms with van der Waals surface area (Å²) >= 11 is 0. The molecule has 1 unspecified atom stereocenters. The standard InChI is InChI=1S/C8H14BO3.2W/c1-5(2)11-4-7-6(10)3-8(9)12-7;;/h3,5-8,10H,4H2,1-2H3;;/q-1;;/t6?,7-,8-;;/m1../s1. The van der Waals surface area contributed by atoms with Crippen LogP contribution in [-0.4, -0.2) is 43.9 Å². The van der Waals surface area contributed by atoms with Gasteiger partial charge in [0.2, 0.25) is 0 Å². The first-order chi connectivity index (χ1) is 5.59. The molecule has 0 bridgehead atoms. The third-order valence-corrected chi connectivity index (χ3v) is 1.69. The van der Waals surface area contributed by atoms with Crippen LogP contribution in [0, 0.1) is 6.42 Å². The van der Waals surface area contributed by atoms with Crippen molar-refractivity contribution in [1.82, 2.24) is 0 Å². The molecule has 1 rings (SSSR count). The van der Waals surface area contributed by atoms with Gasteiger partial charge in [0, 0.05) is 42.1 Å². The van der Waals surface area contributed by atoms with Gasteiger partial charge in [0.1, 0.15) is 0 Å². The first-order valence-corrected chi connectivity index (χ1v) is 4.15. The zero-order valence-electron chi connectivity index (χ0n) is 8.25. The Bertz CT molecular complexity index is 149. The van der Waals surface area contributed by atoms with E-state index in [2.05, 4.69) is 0 Å². The van der Waals surface area contributed by atoms with Gasteiger partial charge >= 0.3 is 0 Å². The smallest absolute Gasteiger partial charge is 0.0747 e. The summed E-state index contributed by atoms with van der Waals surface area (Å²) in [5.74, 6) is 0. The van der Waals surface area contributed by atoms with Crippen molar-refractivity contribution < 1.29 is 56.7 Å². The molecule has 0 spiro atoms. The molecule has 1 heterocycles. The van der Waals surface area contributed by atoms with Crippen molar-refractivity contribution in [3.63, 3.8) is 0 Å². The monoisotopic (exact) mass is 537 g/mol. The summed E-state index contributed by atoms with van der Waals surface area (Å²) in [5, 5.41) is 9.33. The summed E-state index contributed by atoms with van der Waals surface area (Å²) in [6, 6.07) is -0.458. The number of hydrogen-bond donors (Lipinski definition) is 1. The third-order valence-electron chi connectivity index (χ3n) is 1.69. The minimum Gasteiger partial charge on any atom is -0.422 e. The Kier molecular flexibility index (Phi) is 10.7. The molecule has 3 atom stereocenters. The van der Waals surface area contributed by atoms with Gasteiger partial charge in [-0.05, 0) is 20.0 Å². The second kappa shape index (κ2) is 8.47. The van der Waals surface area contributed by atoms with Crippen molar-refractivity contribution in [2.75, 3.05) is 6.61 Å². The van der Waals surface area contributed by atoms with Crippen LogP contribution in [0.2, 0.25) is 0 Å². The van der Waals surface area contributed by atoms with Gasteiger partial charge in [-0.2, -0.15) is 0 Å². The molecule has 1 N–H and O–H groups in total. The molecule has 80 valence electrons. The van der Waals surface area contributed by atoms with Gasteiger partial charge in [0.25, 0.3) is 0 Å². The van der Waals surface area contributed by atoms with Crippen molar-refractivity contribution in [2.24, 2.45) is 0 Å². The number of aliphatic hydroxyl groups excluding tert-OH is 1. The average molecular weight is 537 g/mol. The molecule has 0 amide bonds. The molecule has 1 fully saturated rings. The van der Waals surface area contributed by atoms with Gasteiger partial charge < -0.3 is 14.6 Å². The Labute approximate surface area is 115 Å². The summed E-state index contributed by atoms with van der Waals surface area (Å²) in [6.07, 6.45) is 0.813. The van der Waals surface area contributed by atoms with E-state index in [1.165, 1.54) is 0 Å². The first-order valence-electron chi connectivity index (χ1n) is 4.15. The van der Waals surface area contributed by atoms with Gasteiger partial charge in [0.15, 0.2) is 0 Å². The topological polar surface area (TPSA) is 38.7 Å². The van der Waals surface area contributed by atoms with Crippen LogP contribution < -0.4 is 0 Å². The van der Waals surface area contributed by atoms with Crippen LogP contribution in [0.1, 0.15) is 13.8 Å². The molecule has 14 heavy (non-hydrogen) atoms. The second-order valence-electron chi connectivity index (χ2n) is 3.20. The van der Waals surface area contributed by atoms with E-state index in [1.807, 2.05) is 13.8 Å². The summed E-state index contributed by atoms with van der Waals surface area (Å²) in [5.41, 5.74) is 0. The third kappa shape index (κ3) is 6.03. The minimum atomic E-state index is -0.598. The van der Waals surface area contributed by atoms with E-state index < -0.39 is 12.1 Å². The molecule has 0 aromatic carbocycles. The second-order valence-corrected chi connectivity index (χ2v) is 3.20. The molecule has 0 aliphatic carbocycles. The molecule has 0 saturated carbocycles. The maximum absolute atomic E-state index is 9.33. The maximum Gasteiger partial charge on any atom is 0.0747 e. The zero-order valence-corrected chi connectivity index (χ0v) is 14.1. The molecule has 1 saturated heterocycles. The largest absolute Gasteiger partial charge is 0.422 e. The van der Waals surface area contributed by atoms with Crippen molar-refractivity contribution in [3.8, 4) is 0 Å². The van der Waals surface area contributed by atoms with E-state index in [0.717, 1.165) is 0 Å². The van der Waals surface area contributed by atoms with E-state index in [9.17, 15) is 5.11 Å². The molecular weight excluding hydrogens is 523 g/mol. The fourth-order valence-electron chi connectivity index (χ4n) is 1.07. The molecular formula is C8H14BO3W2-. The van der Waals surface area contributed by atoms with Crippen LogP contribution in [-0.2, 0) is 51.6 Å². The zero-order chi connectivity index (χ0) is 9.14. The average Bonchev–Trinajstić information content (AvgIpc) is 2.26. The molecule has 0 aromatic rings. The summed E-state index contributed by atoms with van der Waals surface area (Å²) < 4.78 is 10.5. The van der Waals surface area contributed by atoms with E-state index in [0.29, 0.717) is 6.61 Å². The SMILES string of the molecule is [B][C@H]1[CH-]C(O)[C@@H](COC(C)C)O1.[W].[W]. The summed E-state index contributed by atoms with van der Waals surface area (Å²) in [6.45, 7) is 4.26. The number of aliphatic hydroxyl groups is 1. The summed E-state index contributed by atoms with van der Waals surface area (Å²) in [7, 11) is 5.43. The molecule has 6 heteroatoms. The normalized spacial score (nSPS) is 31.0. The van der Waals surface area contributed by atoms with Crippen molar-refractivity contribution in [2.45, 2.75) is 38.2 Å². The van der Waals surface area contributed by atoms with Gasteiger partial charge in [-0.25, -0.2) is 0 Å². The van der Waals surface area contributed by atoms with Crippen LogP contribution in [0.3, 0.4) is 0 Å². The van der Waals surface area contributed by atoms with Crippen molar-refractivity contribution in [1.29, 1.82) is 0 Å². The number of ether oxygens (including phenoxy) is 2. The Hall–Kier alpha value is 1.32. The van der Waals surface area contributed by atoms with E-state index in [1.54, 1.807) is 6.42 Å². The van der Waals surface area contributed by atoms with Crippen molar-refractivity contribution >= 4 is 7.85 Å². The predicted molar refractivity (Wildman–Crippen MR) is 45.8 cm³/mol. The fourth-order valence-corrected chi connectivity index (χ4v) is 1.07. The van der Waals surface area contributed by atoms with Gasteiger partial charge in [0.05, 0.1) is 26.7 Å². The van der Waals surface area contributed by atoms with Crippen LogP contribution >= 0.6 is 0 Å². The molecule has 3 nitrogen and oxygen atoms in total.